The molecule has 10 nitrogen and oxygen atoms in total. The summed E-state index contributed by atoms with van der Waals surface area (Å²) >= 11 is 0. The van der Waals surface area contributed by atoms with Crippen LogP contribution in [0.4, 0.5) is 11.4 Å². The molecule has 2 N–H and O–H groups in total. The van der Waals surface area contributed by atoms with Gasteiger partial charge in [-0.05, 0) is 110 Å². The number of benzene rings is 1. The quantitative estimate of drug-likeness (QED) is 0.103. The van der Waals surface area contributed by atoms with E-state index in [1.54, 1.807) is 0 Å². The van der Waals surface area contributed by atoms with Crippen LogP contribution < -0.4 is 5.32 Å². The first-order valence-corrected chi connectivity index (χ1v) is 14.4. The fraction of sp³-hybridized carbons (Fsp3) is 0.724. The van der Waals surface area contributed by atoms with Gasteiger partial charge in [0.2, 0.25) is 0 Å². The number of carbonyl (C=O) groups excluding carboxylic acids is 2. The predicted molar refractivity (Wildman–Crippen MR) is 145 cm³/mol. The molecule has 0 radical (unpaired) electrons. The number of ketones is 1. The lowest BCUT2D eigenvalue weighted by molar-refractivity contribution is -0.385. The van der Waals surface area contributed by atoms with Gasteiger partial charge in [-0.25, -0.2) is 0 Å². The van der Waals surface area contributed by atoms with Gasteiger partial charge in [0.25, 0.3) is 11.6 Å². The second-order valence-corrected chi connectivity index (χ2v) is 12.9. The Labute approximate surface area is 228 Å². The number of carbonyl (C=O) groups is 2. The normalized spacial score (nSPS) is 37.2. The maximum Gasteiger partial charge on any atom is 0.282 e. The predicted octanol–water partition coefficient (Wildman–Crippen LogP) is 6.39. The monoisotopic (exact) mass is 537 g/mol. The Hall–Kier alpha value is -2.97. The van der Waals surface area contributed by atoms with Crippen molar-refractivity contribution < 1.29 is 19.6 Å². The minimum atomic E-state index is -0.804. The fourth-order valence-corrected chi connectivity index (χ4v) is 9.22. The zero-order chi connectivity index (χ0) is 28.0. The number of amides is 1. The largest absolute Gasteiger partial charge is 0.389 e. The van der Waals surface area contributed by atoms with Gasteiger partial charge in [-0.3, -0.25) is 19.7 Å². The summed E-state index contributed by atoms with van der Waals surface area (Å²) in [6.07, 6.45) is 9.71. The maximum absolute atomic E-state index is 12.8. The highest BCUT2D eigenvalue weighted by Crippen LogP contribution is 2.68. The summed E-state index contributed by atoms with van der Waals surface area (Å²) in [5, 5.41) is 29.6. The number of hydrogen-bond donors (Lipinski definition) is 2. The molecule has 5 rings (SSSR count). The second kappa shape index (κ2) is 10.2. The van der Waals surface area contributed by atoms with Crippen molar-refractivity contribution in [3.05, 3.63) is 44.3 Å². The van der Waals surface area contributed by atoms with Crippen LogP contribution >= 0.6 is 0 Å². The molecular formula is C29H39N5O5. The zero-order valence-electron chi connectivity index (χ0n) is 22.9. The van der Waals surface area contributed by atoms with Crippen LogP contribution in [0.25, 0.3) is 10.4 Å². The number of hydrogen-bond acceptors (Lipinski definition) is 6. The van der Waals surface area contributed by atoms with Crippen molar-refractivity contribution in [1.82, 2.24) is 5.32 Å². The van der Waals surface area contributed by atoms with Crippen molar-refractivity contribution in [2.24, 2.45) is 39.6 Å². The molecule has 4 fully saturated rings. The minimum absolute atomic E-state index is 0.130. The lowest BCUT2D eigenvalue weighted by Crippen LogP contribution is -2.56. The summed E-state index contributed by atoms with van der Waals surface area (Å²) in [6, 6.07) is 3.69. The number of aliphatic hydroxyl groups is 1. The molecule has 210 valence electrons. The van der Waals surface area contributed by atoms with Gasteiger partial charge in [-0.15, -0.1) is 0 Å². The van der Waals surface area contributed by atoms with Crippen molar-refractivity contribution in [3.8, 4) is 0 Å². The number of Topliss-reactive ketones (excluding diaryl/α,β-unsaturated/α-hetero) is 1. The van der Waals surface area contributed by atoms with Crippen LogP contribution in [-0.4, -0.2) is 33.9 Å². The van der Waals surface area contributed by atoms with Crippen LogP contribution in [-0.2, 0) is 4.79 Å². The van der Waals surface area contributed by atoms with Crippen LogP contribution in [0.3, 0.4) is 0 Å². The highest BCUT2D eigenvalue weighted by atomic mass is 16.6. The Morgan fingerprint density at radius 3 is 2.72 bits per heavy atom. The topological polar surface area (TPSA) is 158 Å². The Morgan fingerprint density at radius 1 is 1.21 bits per heavy atom. The molecule has 0 unspecified atom stereocenters. The molecule has 4 saturated carbocycles. The van der Waals surface area contributed by atoms with Crippen LogP contribution in [0.1, 0.15) is 94.8 Å². The third kappa shape index (κ3) is 4.61. The van der Waals surface area contributed by atoms with E-state index in [4.69, 9.17) is 5.53 Å². The van der Waals surface area contributed by atoms with E-state index in [1.165, 1.54) is 12.1 Å². The molecule has 0 saturated heterocycles. The number of nitro benzene ring substituents is 1. The maximum atomic E-state index is 12.8. The molecule has 0 heterocycles. The van der Waals surface area contributed by atoms with Crippen LogP contribution in [0.5, 0.6) is 0 Å². The molecule has 1 aromatic carbocycles. The zero-order valence-corrected chi connectivity index (χ0v) is 22.9. The minimum Gasteiger partial charge on any atom is -0.389 e. The van der Waals surface area contributed by atoms with Gasteiger partial charge in [0.15, 0.2) is 0 Å². The SMILES string of the molecule is C[C@]12CCC(=O)C[C@@H]1CC[C@@H]1[C@@H]2CC[C@@]2(C)[C@H]1CC[C@@]2(O)CCCNC(=O)c1cc(N=[N+]=[N-])ccc1[N+](=O)[O-]. The van der Waals surface area contributed by atoms with Crippen LogP contribution in [0.15, 0.2) is 23.3 Å². The number of nitrogens with zero attached hydrogens (tertiary/aromatic N) is 4. The molecule has 4 aliphatic carbocycles. The molecule has 0 spiro atoms. The lowest BCUT2D eigenvalue weighted by atomic mass is 9.44. The van der Waals surface area contributed by atoms with Gasteiger partial charge in [-0.2, -0.15) is 0 Å². The van der Waals surface area contributed by atoms with Gasteiger partial charge >= 0.3 is 0 Å². The number of azide groups is 1. The van der Waals surface area contributed by atoms with E-state index in [0.717, 1.165) is 57.4 Å². The van der Waals surface area contributed by atoms with E-state index in [0.29, 0.717) is 48.7 Å². The van der Waals surface area contributed by atoms with E-state index in [2.05, 4.69) is 29.2 Å². The van der Waals surface area contributed by atoms with E-state index >= 15 is 0 Å². The summed E-state index contributed by atoms with van der Waals surface area (Å²) < 4.78 is 0. The summed E-state index contributed by atoms with van der Waals surface area (Å²) in [5.74, 6) is 2.03. The molecule has 10 heteroatoms. The Balaban J connectivity index is 1.22. The first kappa shape index (κ1) is 27.6. The van der Waals surface area contributed by atoms with E-state index in [1.807, 2.05) is 0 Å². The molecule has 0 aromatic heterocycles. The second-order valence-electron chi connectivity index (χ2n) is 12.9. The highest BCUT2D eigenvalue weighted by molar-refractivity contribution is 5.99. The molecular weight excluding hydrogens is 498 g/mol. The third-order valence-corrected chi connectivity index (χ3v) is 11.4. The molecule has 4 aliphatic rings. The first-order valence-electron chi connectivity index (χ1n) is 14.4. The Bertz CT molecular complexity index is 1230. The fourth-order valence-electron chi connectivity index (χ4n) is 9.22. The van der Waals surface area contributed by atoms with Crippen LogP contribution in [0, 0.1) is 44.6 Å². The molecule has 0 aliphatic heterocycles. The lowest BCUT2D eigenvalue weighted by Gasteiger charge is -2.61. The standard InChI is InChI=1S/C29H39N5O5/c1-27-12-8-20(35)16-18(27)4-6-21-23(27)9-13-28(2)24(21)10-14-29(28,37)11-3-15-31-26(36)22-17-19(32-33-30)5-7-25(22)34(38)39/h5,7,17-18,21,23-24,37H,3-4,6,8-16H2,1-2H3,(H,31,36)/t18-,21+,23-,24-,27-,28-,29-/m0/s1. The van der Waals surface area contributed by atoms with E-state index < -0.39 is 16.4 Å². The summed E-state index contributed by atoms with van der Waals surface area (Å²) in [5.41, 5.74) is 7.55. The number of nitro groups is 1. The molecule has 1 amide bonds. The number of nitrogens with one attached hydrogen (secondary N) is 1. The smallest absolute Gasteiger partial charge is 0.282 e. The van der Waals surface area contributed by atoms with Crippen molar-refractivity contribution in [1.29, 1.82) is 0 Å². The molecule has 39 heavy (non-hydrogen) atoms. The Morgan fingerprint density at radius 2 is 1.97 bits per heavy atom. The summed E-state index contributed by atoms with van der Waals surface area (Å²) in [4.78, 5) is 38.4. The van der Waals surface area contributed by atoms with Crippen LogP contribution in [0.2, 0.25) is 0 Å². The average Bonchev–Trinajstić information content (AvgIpc) is 3.17. The van der Waals surface area contributed by atoms with E-state index in [-0.39, 0.29) is 34.3 Å². The summed E-state index contributed by atoms with van der Waals surface area (Å²) in [6.45, 7) is 4.98. The molecule has 1 aromatic rings. The van der Waals surface area contributed by atoms with Crippen molar-refractivity contribution >= 4 is 23.1 Å². The van der Waals surface area contributed by atoms with Gasteiger partial charge < -0.3 is 10.4 Å². The van der Waals surface area contributed by atoms with E-state index in [9.17, 15) is 24.8 Å². The van der Waals surface area contributed by atoms with Crippen molar-refractivity contribution in [2.45, 2.75) is 90.1 Å². The molecule has 0 bridgehead atoms. The highest BCUT2D eigenvalue weighted by Gasteiger charge is 2.64. The summed E-state index contributed by atoms with van der Waals surface area (Å²) in [7, 11) is 0. The first-order chi connectivity index (χ1) is 18.5. The number of rotatable bonds is 7. The Kier molecular flexibility index (Phi) is 7.22. The average molecular weight is 538 g/mol. The number of fused-ring (bicyclic) bond motifs is 5. The van der Waals surface area contributed by atoms with Gasteiger partial charge in [0.1, 0.15) is 11.3 Å². The van der Waals surface area contributed by atoms with Crippen molar-refractivity contribution in [3.63, 3.8) is 0 Å². The third-order valence-electron chi connectivity index (χ3n) is 11.4. The molecule has 7 atom stereocenters. The van der Waals surface area contributed by atoms with Gasteiger partial charge in [0, 0.05) is 36.1 Å². The van der Waals surface area contributed by atoms with Gasteiger partial charge in [0.05, 0.1) is 10.5 Å². The van der Waals surface area contributed by atoms with Gasteiger partial charge in [-0.1, -0.05) is 19.0 Å². The van der Waals surface area contributed by atoms with Crippen molar-refractivity contribution in [2.75, 3.05) is 6.54 Å².